The van der Waals surface area contributed by atoms with Crippen molar-refractivity contribution in [3.8, 4) is 5.88 Å². The molecule has 2 heterocycles. The Labute approximate surface area is 127 Å². The van der Waals surface area contributed by atoms with Crippen LogP contribution in [-0.4, -0.2) is 21.9 Å². The van der Waals surface area contributed by atoms with E-state index in [9.17, 15) is 4.79 Å². The van der Waals surface area contributed by atoms with Crippen LogP contribution in [0.25, 0.3) is 0 Å². The van der Waals surface area contributed by atoms with E-state index in [1.54, 1.807) is 25.4 Å². The lowest BCUT2D eigenvalue weighted by Crippen LogP contribution is -2.23. The van der Waals surface area contributed by atoms with Crippen LogP contribution < -0.4 is 15.6 Å². The number of hydrogen-bond acceptors (Lipinski definition) is 5. The van der Waals surface area contributed by atoms with Gasteiger partial charge in [-0.3, -0.25) is 4.79 Å². The second-order valence-corrected chi connectivity index (χ2v) is 4.59. The summed E-state index contributed by atoms with van der Waals surface area (Å²) in [6, 6.07) is 3.64. The molecule has 21 heavy (non-hydrogen) atoms. The van der Waals surface area contributed by atoms with Crippen molar-refractivity contribution in [1.82, 2.24) is 14.8 Å². The van der Waals surface area contributed by atoms with E-state index in [1.165, 1.54) is 10.9 Å². The zero-order valence-electron chi connectivity index (χ0n) is 11.5. The maximum absolute atomic E-state index is 11.9. The first-order valence-corrected chi connectivity index (χ1v) is 6.62. The number of aromatic nitrogens is 3. The Morgan fingerprint density at radius 2 is 2.29 bits per heavy atom. The van der Waals surface area contributed by atoms with Gasteiger partial charge in [0.15, 0.2) is 0 Å². The van der Waals surface area contributed by atoms with Crippen LogP contribution in [0.2, 0.25) is 5.02 Å². The standard InChI is InChI=1S/C14H15ClN4O2/c1-3-6-19-14(20)13(15)11(9-18-19)16-7-10-4-5-12(21-2)17-8-10/h3-5,8-9,16H,1,6-7H2,2H3. The maximum atomic E-state index is 11.9. The van der Waals surface area contributed by atoms with Crippen LogP contribution in [0.4, 0.5) is 5.69 Å². The fourth-order valence-corrected chi connectivity index (χ4v) is 1.89. The number of methoxy groups -OCH3 is 1. The summed E-state index contributed by atoms with van der Waals surface area (Å²) in [5.74, 6) is 0.547. The van der Waals surface area contributed by atoms with E-state index in [2.05, 4.69) is 22.0 Å². The molecule has 2 aromatic rings. The van der Waals surface area contributed by atoms with Gasteiger partial charge < -0.3 is 10.1 Å². The number of hydrogen-bond donors (Lipinski definition) is 1. The first-order chi connectivity index (χ1) is 10.2. The highest BCUT2D eigenvalue weighted by Gasteiger charge is 2.08. The molecule has 0 saturated carbocycles. The fraction of sp³-hybridized carbons (Fsp3) is 0.214. The van der Waals surface area contributed by atoms with Crippen molar-refractivity contribution in [1.29, 1.82) is 0 Å². The van der Waals surface area contributed by atoms with Crippen molar-refractivity contribution in [2.24, 2.45) is 0 Å². The van der Waals surface area contributed by atoms with Crippen LogP contribution in [0, 0.1) is 0 Å². The molecule has 0 bridgehead atoms. The van der Waals surface area contributed by atoms with E-state index in [0.29, 0.717) is 24.7 Å². The minimum Gasteiger partial charge on any atom is -0.481 e. The molecule has 0 spiro atoms. The molecule has 0 saturated heterocycles. The third kappa shape index (κ3) is 3.61. The Morgan fingerprint density at radius 3 is 2.90 bits per heavy atom. The predicted molar refractivity (Wildman–Crippen MR) is 81.8 cm³/mol. The van der Waals surface area contributed by atoms with Crippen LogP contribution in [0.3, 0.4) is 0 Å². The largest absolute Gasteiger partial charge is 0.481 e. The highest BCUT2D eigenvalue weighted by Crippen LogP contribution is 2.16. The molecule has 1 N–H and O–H groups in total. The van der Waals surface area contributed by atoms with E-state index < -0.39 is 0 Å². The van der Waals surface area contributed by atoms with Gasteiger partial charge >= 0.3 is 0 Å². The van der Waals surface area contributed by atoms with Crippen LogP contribution >= 0.6 is 11.6 Å². The Kier molecular flexibility index (Phi) is 4.94. The number of allylic oxidation sites excluding steroid dienone is 1. The number of nitrogens with zero attached hydrogens (tertiary/aromatic N) is 3. The molecule has 0 aliphatic rings. The molecule has 0 unspecified atom stereocenters. The number of ether oxygens (including phenoxy) is 1. The monoisotopic (exact) mass is 306 g/mol. The van der Waals surface area contributed by atoms with Crippen LogP contribution in [0.5, 0.6) is 5.88 Å². The van der Waals surface area contributed by atoms with Crippen molar-refractivity contribution in [2.45, 2.75) is 13.1 Å². The summed E-state index contributed by atoms with van der Waals surface area (Å²) in [6.07, 6.45) is 4.79. The first kappa shape index (κ1) is 15.1. The first-order valence-electron chi connectivity index (χ1n) is 6.25. The van der Waals surface area contributed by atoms with Gasteiger partial charge in [0.25, 0.3) is 5.56 Å². The number of nitrogens with one attached hydrogen (secondary N) is 1. The van der Waals surface area contributed by atoms with Gasteiger partial charge in [0.1, 0.15) is 5.02 Å². The molecule has 110 valence electrons. The van der Waals surface area contributed by atoms with Crippen LogP contribution in [0.1, 0.15) is 5.56 Å². The molecule has 7 heteroatoms. The van der Waals surface area contributed by atoms with Gasteiger partial charge in [-0.05, 0) is 5.56 Å². The Hall–Kier alpha value is -2.34. The average molecular weight is 307 g/mol. The van der Waals surface area contributed by atoms with E-state index in [1.807, 2.05) is 6.07 Å². The van der Waals surface area contributed by atoms with E-state index in [4.69, 9.17) is 16.3 Å². The summed E-state index contributed by atoms with van der Waals surface area (Å²) in [4.78, 5) is 16.0. The van der Waals surface area contributed by atoms with Crippen molar-refractivity contribution < 1.29 is 4.74 Å². The third-order valence-electron chi connectivity index (χ3n) is 2.78. The van der Waals surface area contributed by atoms with Gasteiger partial charge in [-0.15, -0.1) is 6.58 Å². The quantitative estimate of drug-likeness (QED) is 0.828. The topological polar surface area (TPSA) is 69.0 Å². The number of anilines is 1. The van der Waals surface area contributed by atoms with Gasteiger partial charge in [-0.25, -0.2) is 9.67 Å². The van der Waals surface area contributed by atoms with E-state index >= 15 is 0 Å². The number of pyridine rings is 1. The summed E-state index contributed by atoms with van der Waals surface area (Å²) >= 11 is 6.04. The van der Waals surface area contributed by atoms with Gasteiger partial charge in [0, 0.05) is 18.8 Å². The molecule has 0 aliphatic carbocycles. The van der Waals surface area contributed by atoms with Crippen molar-refractivity contribution >= 4 is 17.3 Å². The predicted octanol–water partition coefficient (Wildman–Crippen LogP) is 2.10. The second-order valence-electron chi connectivity index (χ2n) is 4.21. The molecular formula is C14H15ClN4O2. The lowest BCUT2D eigenvalue weighted by atomic mass is 10.3. The molecule has 0 amide bonds. The van der Waals surface area contributed by atoms with Crippen molar-refractivity contribution in [3.63, 3.8) is 0 Å². The second kappa shape index (κ2) is 6.90. The molecule has 0 aromatic carbocycles. The van der Waals surface area contributed by atoms with Gasteiger partial charge in [-0.2, -0.15) is 5.10 Å². The molecule has 2 aromatic heterocycles. The molecular weight excluding hydrogens is 292 g/mol. The highest BCUT2D eigenvalue weighted by molar-refractivity contribution is 6.32. The number of rotatable bonds is 6. The van der Waals surface area contributed by atoms with Crippen molar-refractivity contribution in [2.75, 3.05) is 12.4 Å². The summed E-state index contributed by atoms with van der Waals surface area (Å²) in [5, 5.41) is 7.19. The molecule has 0 aliphatic heterocycles. The minimum absolute atomic E-state index is 0.105. The summed E-state index contributed by atoms with van der Waals surface area (Å²) in [7, 11) is 1.56. The van der Waals surface area contributed by atoms with E-state index in [0.717, 1.165) is 5.56 Å². The van der Waals surface area contributed by atoms with Gasteiger partial charge in [-0.1, -0.05) is 23.7 Å². The SMILES string of the molecule is C=CCn1ncc(NCc2ccc(OC)nc2)c(Cl)c1=O. The molecule has 0 fully saturated rings. The Morgan fingerprint density at radius 1 is 1.48 bits per heavy atom. The summed E-state index contributed by atoms with van der Waals surface area (Å²) in [6.45, 7) is 4.36. The normalized spacial score (nSPS) is 10.2. The zero-order chi connectivity index (χ0) is 15.2. The molecule has 0 radical (unpaired) electrons. The smallest absolute Gasteiger partial charge is 0.287 e. The Balaban J connectivity index is 2.10. The van der Waals surface area contributed by atoms with Crippen LogP contribution in [0.15, 0.2) is 42.0 Å². The molecule has 0 atom stereocenters. The lowest BCUT2D eigenvalue weighted by Gasteiger charge is -2.09. The summed E-state index contributed by atoms with van der Waals surface area (Å²) < 4.78 is 6.23. The molecule has 2 rings (SSSR count). The highest BCUT2D eigenvalue weighted by atomic mass is 35.5. The average Bonchev–Trinajstić information content (AvgIpc) is 2.52. The molecule has 6 nitrogen and oxygen atoms in total. The third-order valence-corrected chi connectivity index (χ3v) is 3.14. The lowest BCUT2D eigenvalue weighted by molar-refractivity contribution is 0.397. The van der Waals surface area contributed by atoms with Gasteiger partial charge in [0.2, 0.25) is 5.88 Å². The minimum atomic E-state index is -0.352. The maximum Gasteiger partial charge on any atom is 0.287 e. The zero-order valence-corrected chi connectivity index (χ0v) is 12.3. The number of halogens is 1. The van der Waals surface area contributed by atoms with Crippen LogP contribution in [-0.2, 0) is 13.1 Å². The fourth-order valence-electron chi connectivity index (χ4n) is 1.67. The van der Waals surface area contributed by atoms with E-state index in [-0.39, 0.29) is 10.6 Å². The summed E-state index contributed by atoms with van der Waals surface area (Å²) in [5.41, 5.74) is 1.06. The van der Waals surface area contributed by atoms with Crippen molar-refractivity contribution in [3.05, 3.63) is 58.1 Å². The Bertz CT molecular complexity index is 682. The van der Waals surface area contributed by atoms with Gasteiger partial charge in [0.05, 0.1) is 25.5 Å².